The van der Waals surface area contributed by atoms with Crippen molar-refractivity contribution in [2.75, 3.05) is 20.7 Å². The van der Waals surface area contributed by atoms with Crippen LogP contribution in [0.3, 0.4) is 0 Å². The molecule has 0 bridgehead atoms. The number of hydrogen-bond donors (Lipinski definition) is 2. The predicted molar refractivity (Wildman–Crippen MR) is 101 cm³/mol. The minimum Gasteiger partial charge on any atom is -0.497 e. The van der Waals surface area contributed by atoms with Crippen LogP contribution in [-0.4, -0.2) is 32.7 Å². The van der Waals surface area contributed by atoms with Crippen LogP contribution >= 0.6 is 24.0 Å². The predicted octanol–water partition coefficient (Wildman–Crippen LogP) is 3.38. The number of aliphatic imine (C=N–C) groups is 1. The zero-order valence-corrected chi connectivity index (χ0v) is 16.0. The molecule has 1 aromatic rings. The van der Waals surface area contributed by atoms with E-state index in [9.17, 15) is 0 Å². The van der Waals surface area contributed by atoms with E-state index >= 15 is 0 Å². The lowest BCUT2D eigenvalue weighted by Crippen LogP contribution is -2.41. The molecule has 1 unspecified atom stereocenters. The molecule has 0 amide bonds. The number of hydrogen-bond acceptors (Lipinski definition) is 2. The van der Waals surface area contributed by atoms with Crippen molar-refractivity contribution in [3.8, 4) is 5.75 Å². The molecule has 5 heteroatoms. The molecule has 1 rings (SSSR count). The highest BCUT2D eigenvalue weighted by atomic mass is 127. The highest BCUT2D eigenvalue weighted by Gasteiger charge is 2.06. The molecule has 0 radical (unpaired) electrons. The second kappa shape index (κ2) is 10.7. The Morgan fingerprint density at radius 3 is 2.29 bits per heavy atom. The van der Waals surface area contributed by atoms with Crippen molar-refractivity contribution in [2.45, 2.75) is 39.2 Å². The van der Waals surface area contributed by atoms with Crippen LogP contribution in [0.25, 0.3) is 0 Å². The van der Waals surface area contributed by atoms with Gasteiger partial charge >= 0.3 is 0 Å². The van der Waals surface area contributed by atoms with Gasteiger partial charge in [-0.15, -0.1) is 24.0 Å². The fourth-order valence-electron chi connectivity index (χ4n) is 1.97. The maximum Gasteiger partial charge on any atom is 0.191 e. The Hall–Kier alpha value is -0.980. The van der Waals surface area contributed by atoms with Crippen molar-refractivity contribution in [2.24, 2.45) is 4.99 Å². The average Bonchev–Trinajstić information content (AvgIpc) is 2.45. The van der Waals surface area contributed by atoms with Crippen LogP contribution in [0.2, 0.25) is 0 Å². The summed E-state index contributed by atoms with van der Waals surface area (Å²) in [5.41, 5.74) is 1.33. The zero-order valence-electron chi connectivity index (χ0n) is 13.6. The third kappa shape index (κ3) is 7.55. The van der Waals surface area contributed by atoms with E-state index in [1.807, 2.05) is 12.1 Å². The second-order valence-electron chi connectivity index (χ2n) is 5.26. The van der Waals surface area contributed by atoms with Crippen molar-refractivity contribution in [1.29, 1.82) is 0 Å². The quantitative estimate of drug-likeness (QED) is 0.433. The summed E-state index contributed by atoms with van der Waals surface area (Å²) in [7, 11) is 3.49. The van der Waals surface area contributed by atoms with E-state index in [0.717, 1.165) is 24.7 Å². The topological polar surface area (TPSA) is 45.7 Å². The van der Waals surface area contributed by atoms with E-state index in [4.69, 9.17) is 4.74 Å². The molecule has 2 N–H and O–H groups in total. The molecular formula is C16H28IN3O. The van der Waals surface area contributed by atoms with Gasteiger partial charge < -0.3 is 15.4 Å². The lowest BCUT2D eigenvalue weighted by molar-refractivity contribution is 0.414. The molecule has 1 aromatic carbocycles. The van der Waals surface area contributed by atoms with Crippen LogP contribution < -0.4 is 15.4 Å². The van der Waals surface area contributed by atoms with Gasteiger partial charge in [0.15, 0.2) is 5.96 Å². The van der Waals surface area contributed by atoms with Crippen molar-refractivity contribution < 1.29 is 4.74 Å². The van der Waals surface area contributed by atoms with E-state index in [1.165, 1.54) is 5.56 Å². The molecule has 120 valence electrons. The molecular weight excluding hydrogens is 377 g/mol. The number of benzene rings is 1. The van der Waals surface area contributed by atoms with Crippen molar-refractivity contribution in [3.63, 3.8) is 0 Å². The summed E-state index contributed by atoms with van der Waals surface area (Å²) >= 11 is 0. The van der Waals surface area contributed by atoms with Gasteiger partial charge in [0, 0.05) is 19.6 Å². The second-order valence-corrected chi connectivity index (χ2v) is 5.26. The summed E-state index contributed by atoms with van der Waals surface area (Å²) in [6.45, 7) is 7.35. The van der Waals surface area contributed by atoms with Crippen LogP contribution in [0.4, 0.5) is 0 Å². The fraction of sp³-hybridized carbons (Fsp3) is 0.562. The molecule has 0 aliphatic rings. The van der Waals surface area contributed by atoms with Crippen molar-refractivity contribution in [3.05, 3.63) is 29.8 Å². The number of guanidine groups is 1. The highest BCUT2D eigenvalue weighted by Crippen LogP contribution is 2.21. The number of rotatable bonds is 6. The molecule has 21 heavy (non-hydrogen) atoms. The van der Waals surface area contributed by atoms with Gasteiger partial charge in [-0.05, 0) is 43.9 Å². The molecule has 0 fully saturated rings. The Morgan fingerprint density at radius 1 is 1.19 bits per heavy atom. The Labute approximate surface area is 145 Å². The lowest BCUT2D eigenvalue weighted by Gasteiger charge is -2.17. The Bertz CT molecular complexity index is 418. The van der Waals surface area contributed by atoms with Gasteiger partial charge in [-0.2, -0.15) is 0 Å². The molecule has 1 atom stereocenters. The molecule has 0 heterocycles. The van der Waals surface area contributed by atoms with Crippen molar-refractivity contribution >= 4 is 29.9 Å². The summed E-state index contributed by atoms with van der Waals surface area (Å²) in [4.78, 5) is 4.20. The third-order valence-electron chi connectivity index (χ3n) is 3.20. The largest absolute Gasteiger partial charge is 0.497 e. The SMILES string of the molecule is CN=C(NCCC(C)c1ccc(OC)cc1)NC(C)C.I. The molecule has 0 spiro atoms. The monoisotopic (exact) mass is 405 g/mol. The standard InChI is InChI=1S/C16H27N3O.HI/c1-12(2)19-16(17-4)18-11-10-13(3)14-6-8-15(20-5)9-7-14;/h6-9,12-13H,10-11H2,1-5H3,(H2,17,18,19);1H. The van der Waals surface area contributed by atoms with Crippen LogP contribution in [-0.2, 0) is 0 Å². The molecule has 0 saturated heterocycles. The molecule has 0 aromatic heterocycles. The normalized spacial score (nSPS) is 12.6. The van der Waals surface area contributed by atoms with E-state index in [0.29, 0.717) is 12.0 Å². The van der Waals surface area contributed by atoms with E-state index in [2.05, 4.69) is 48.5 Å². The van der Waals surface area contributed by atoms with Gasteiger partial charge in [-0.1, -0.05) is 19.1 Å². The van der Waals surface area contributed by atoms with E-state index in [-0.39, 0.29) is 24.0 Å². The van der Waals surface area contributed by atoms with Gasteiger partial charge in [-0.25, -0.2) is 0 Å². The van der Waals surface area contributed by atoms with Gasteiger partial charge in [0.1, 0.15) is 5.75 Å². The smallest absolute Gasteiger partial charge is 0.191 e. The summed E-state index contributed by atoms with van der Waals surface area (Å²) in [6.07, 6.45) is 1.06. The number of ether oxygens (including phenoxy) is 1. The summed E-state index contributed by atoms with van der Waals surface area (Å²) in [5.74, 6) is 2.27. The van der Waals surface area contributed by atoms with Crippen LogP contribution in [0, 0.1) is 0 Å². The third-order valence-corrected chi connectivity index (χ3v) is 3.20. The first-order valence-corrected chi connectivity index (χ1v) is 7.18. The van der Waals surface area contributed by atoms with Gasteiger partial charge in [0.25, 0.3) is 0 Å². The lowest BCUT2D eigenvalue weighted by atomic mass is 9.98. The van der Waals surface area contributed by atoms with Crippen LogP contribution in [0.15, 0.2) is 29.3 Å². The van der Waals surface area contributed by atoms with E-state index in [1.54, 1.807) is 14.2 Å². The Morgan fingerprint density at radius 2 is 1.81 bits per heavy atom. The van der Waals surface area contributed by atoms with Crippen molar-refractivity contribution in [1.82, 2.24) is 10.6 Å². The molecule has 0 aliphatic carbocycles. The van der Waals surface area contributed by atoms with Gasteiger partial charge in [0.2, 0.25) is 0 Å². The molecule has 4 nitrogen and oxygen atoms in total. The first-order valence-electron chi connectivity index (χ1n) is 7.18. The number of nitrogens with one attached hydrogen (secondary N) is 2. The van der Waals surface area contributed by atoms with Gasteiger partial charge in [-0.3, -0.25) is 4.99 Å². The minimum absolute atomic E-state index is 0. The first-order chi connectivity index (χ1) is 9.56. The van der Waals surface area contributed by atoms with Crippen LogP contribution in [0.5, 0.6) is 5.75 Å². The van der Waals surface area contributed by atoms with E-state index < -0.39 is 0 Å². The molecule has 0 saturated carbocycles. The minimum atomic E-state index is 0. The summed E-state index contributed by atoms with van der Waals surface area (Å²) in [5, 5.41) is 6.62. The molecule has 0 aliphatic heterocycles. The zero-order chi connectivity index (χ0) is 15.0. The Balaban J connectivity index is 0.00000400. The van der Waals surface area contributed by atoms with Crippen LogP contribution in [0.1, 0.15) is 38.7 Å². The van der Waals surface area contributed by atoms with Gasteiger partial charge in [0.05, 0.1) is 7.11 Å². The average molecular weight is 405 g/mol. The maximum atomic E-state index is 5.18. The maximum absolute atomic E-state index is 5.18. The highest BCUT2D eigenvalue weighted by molar-refractivity contribution is 14.0. The Kier molecular flexibility index (Phi) is 10.2. The summed E-state index contributed by atoms with van der Waals surface area (Å²) in [6, 6.07) is 8.67. The number of nitrogens with zero attached hydrogens (tertiary/aromatic N) is 1. The number of methoxy groups -OCH3 is 1. The number of halogens is 1. The fourth-order valence-corrected chi connectivity index (χ4v) is 1.97. The summed E-state index contributed by atoms with van der Waals surface area (Å²) < 4.78 is 5.18. The first kappa shape index (κ1) is 20.0.